The Balaban J connectivity index is 2.28. The van der Waals surface area contributed by atoms with Gasteiger partial charge in [-0.1, -0.05) is 6.08 Å². The van der Waals surface area contributed by atoms with Gasteiger partial charge in [-0.3, -0.25) is 4.79 Å². The van der Waals surface area contributed by atoms with Crippen molar-refractivity contribution in [3.05, 3.63) is 23.3 Å². The molecule has 58 valence electrons. The van der Waals surface area contributed by atoms with Gasteiger partial charge in [0, 0.05) is 0 Å². The summed E-state index contributed by atoms with van der Waals surface area (Å²) >= 11 is 1.27. The molecule has 4 heteroatoms. The maximum atomic E-state index is 11.0. The quantitative estimate of drug-likeness (QED) is 0.563. The van der Waals surface area contributed by atoms with E-state index in [0.717, 1.165) is 5.03 Å². The van der Waals surface area contributed by atoms with E-state index < -0.39 is 0 Å². The summed E-state index contributed by atoms with van der Waals surface area (Å²) in [5.74, 6) is 0. The highest BCUT2D eigenvalue weighted by atomic mass is 32.2. The van der Waals surface area contributed by atoms with Crippen molar-refractivity contribution in [2.75, 3.05) is 6.54 Å². The van der Waals surface area contributed by atoms with E-state index in [1.165, 1.54) is 11.8 Å². The molecular formula is C7H8N2OS. The van der Waals surface area contributed by atoms with Gasteiger partial charge in [-0.2, -0.15) is 0 Å². The summed E-state index contributed by atoms with van der Waals surface area (Å²) in [7, 11) is 0. The van der Waals surface area contributed by atoms with Crippen molar-refractivity contribution in [2.24, 2.45) is 5.73 Å². The van der Waals surface area contributed by atoms with E-state index in [2.05, 4.69) is 0 Å². The van der Waals surface area contributed by atoms with Crippen molar-refractivity contribution < 1.29 is 4.79 Å². The molecule has 0 aromatic rings. The molecule has 3 nitrogen and oxygen atoms in total. The maximum absolute atomic E-state index is 11.0. The summed E-state index contributed by atoms with van der Waals surface area (Å²) in [5, 5.41) is 1.15. The Bertz CT molecular complexity index is 259. The standard InChI is InChI=1S/C7H8N2OS/c8-5-2-1-3-6-9(5)4-7(10)11-6/h1-3,5H,4,8H2. The summed E-state index contributed by atoms with van der Waals surface area (Å²) in [4.78, 5) is 12.8. The Hall–Kier alpha value is -0.740. The number of carbonyl (C=O) groups excluding carboxylic acids is 1. The van der Waals surface area contributed by atoms with Crippen LogP contribution in [-0.4, -0.2) is 22.7 Å². The number of fused-ring (bicyclic) bond motifs is 1. The number of nitrogens with zero attached hydrogens (tertiary/aromatic N) is 1. The first-order valence-corrected chi connectivity index (χ1v) is 4.20. The zero-order chi connectivity index (χ0) is 7.84. The first-order chi connectivity index (χ1) is 5.27. The van der Waals surface area contributed by atoms with Gasteiger partial charge in [0.2, 0.25) is 5.12 Å². The number of rotatable bonds is 0. The van der Waals surface area contributed by atoms with Crippen LogP contribution in [-0.2, 0) is 4.79 Å². The molecule has 2 heterocycles. The van der Waals surface area contributed by atoms with E-state index in [1.807, 2.05) is 23.1 Å². The molecule has 11 heavy (non-hydrogen) atoms. The van der Waals surface area contributed by atoms with Crippen LogP contribution < -0.4 is 5.73 Å². The molecule has 2 N–H and O–H groups in total. The average Bonchev–Trinajstić information content (AvgIpc) is 2.31. The van der Waals surface area contributed by atoms with E-state index in [0.29, 0.717) is 6.54 Å². The fraction of sp³-hybridized carbons (Fsp3) is 0.286. The Labute approximate surface area is 68.9 Å². The van der Waals surface area contributed by atoms with Crippen molar-refractivity contribution >= 4 is 16.9 Å². The zero-order valence-electron chi connectivity index (χ0n) is 5.86. The molecule has 0 aromatic heterocycles. The smallest absolute Gasteiger partial charge is 0.214 e. The second kappa shape index (κ2) is 2.39. The van der Waals surface area contributed by atoms with Gasteiger partial charge in [-0.15, -0.1) is 0 Å². The van der Waals surface area contributed by atoms with E-state index in [9.17, 15) is 4.79 Å². The molecule has 2 aliphatic rings. The first-order valence-electron chi connectivity index (χ1n) is 3.39. The molecule has 1 fully saturated rings. The Morgan fingerprint density at radius 2 is 2.55 bits per heavy atom. The van der Waals surface area contributed by atoms with Gasteiger partial charge in [0.25, 0.3) is 0 Å². The van der Waals surface area contributed by atoms with E-state index in [4.69, 9.17) is 5.73 Å². The normalized spacial score (nSPS) is 28.8. The van der Waals surface area contributed by atoms with Crippen LogP contribution in [0.5, 0.6) is 0 Å². The van der Waals surface area contributed by atoms with Crippen molar-refractivity contribution in [1.82, 2.24) is 4.90 Å². The van der Waals surface area contributed by atoms with E-state index >= 15 is 0 Å². The fourth-order valence-electron chi connectivity index (χ4n) is 1.16. The third-order valence-electron chi connectivity index (χ3n) is 1.71. The molecule has 1 atom stereocenters. The Kier molecular flexibility index (Phi) is 1.51. The molecule has 2 rings (SSSR count). The molecule has 0 saturated carbocycles. The van der Waals surface area contributed by atoms with Crippen LogP contribution in [0.25, 0.3) is 0 Å². The maximum Gasteiger partial charge on any atom is 0.214 e. The minimum absolute atomic E-state index is 0.117. The minimum Gasteiger partial charge on any atom is -0.339 e. The largest absolute Gasteiger partial charge is 0.339 e. The molecule has 0 aliphatic carbocycles. The van der Waals surface area contributed by atoms with Crippen LogP contribution in [0.2, 0.25) is 0 Å². The van der Waals surface area contributed by atoms with Gasteiger partial charge in [0.15, 0.2) is 0 Å². The predicted molar refractivity (Wildman–Crippen MR) is 44.5 cm³/mol. The third kappa shape index (κ3) is 1.08. The lowest BCUT2D eigenvalue weighted by Crippen LogP contribution is -2.38. The second-order valence-corrected chi connectivity index (χ2v) is 3.56. The molecule has 0 amide bonds. The average molecular weight is 168 g/mol. The van der Waals surface area contributed by atoms with E-state index in [-0.39, 0.29) is 11.3 Å². The fourth-order valence-corrected chi connectivity index (χ4v) is 2.05. The zero-order valence-corrected chi connectivity index (χ0v) is 6.67. The lowest BCUT2D eigenvalue weighted by atomic mass is 10.3. The third-order valence-corrected chi connectivity index (χ3v) is 2.64. The topological polar surface area (TPSA) is 46.3 Å². The number of hydrogen-bond donors (Lipinski definition) is 1. The summed E-state index contributed by atoms with van der Waals surface area (Å²) < 4.78 is 0. The highest BCUT2D eigenvalue weighted by Crippen LogP contribution is 2.31. The van der Waals surface area contributed by atoms with Gasteiger partial charge in [0.1, 0.15) is 0 Å². The van der Waals surface area contributed by atoms with Crippen LogP contribution >= 0.6 is 11.8 Å². The van der Waals surface area contributed by atoms with Crippen molar-refractivity contribution in [3.8, 4) is 0 Å². The predicted octanol–water partition coefficient (Wildman–Crippen LogP) is 0.258. The summed E-state index contributed by atoms with van der Waals surface area (Å²) in [5.41, 5.74) is 5.71. The minimum atomic E-state index is -0.117. The highest BCUT2D eigenvalue weighted by Gasteiger charge is 2.29. The van der Waals surface area contributed by atoms with Crippen LogP contribution in [0.1, 0.15) is 0 Å². The van der Waals surface area contributed by atoms with Crippen molar-refractivity contribution in [3.63, 3.8) is 0 Å². The summed E-state index contributed by atoms with van der Waals surface area (Å²) in [6, 6.07) is 0. The van der Waals surface area contributed by atoms with Crippen LogP contribution in [0.3, 0.4) is 0 Å². The molecule has 1 unspecified atom stereocenters. The van der Waals surface area contributed by atoms with E-state index in [1.54, 1.807) is 0 Å². The van der Waals surface area contributed by atoms with Gasteiger partial charge in [-0.05, 0) is 23.9 Å². The molecule has 2 aliphatic heterocycles. The number of hydrogen-bond acceptors (Lipinski definition) is 4. The Morgan fingerprint density at radius 1 is 1.73 bits per heavy atom. The number of thioether (sulfide) groups is 1. The molecular weight excluding hydrogens is 160 g/mol. The molecule has 0 spiro atoms. The lowest BCUT2D eigenvalue weighted by Gasteiger charge is -2.25. The second-order valence-electron chi connectivity index (χ2n) is 2.48. The summed E-state index contributed by atoms with van der Waals surface area (Å²) in [6.45, 7) is 0.446. The number of nitrogens with two attached hydrogens (primary N) is 1. The highest BCUT2D eigenvalue weighted by molar-refractivity contribution is 8.17. The number of allylic oxidation sites excluding steroid dienone is 2. The lowest BCUT2D eigenvalue weighted by molar-refractivity contribution is -0.111. The van der Waals surface area contributed by atoms with Gasteiger partial charge >= 0.3 is 0 Å². The Morgan fingerprint density at radius 3 is 3.27 bits per heavy atom. The van der Waals surface area contributed by atoms with Gasteiger partial charge in [0.05, 0.1) is 17.7 Å². The summed E-state index contributed by atoms with van der Waals surface area (Å²) in [6.07, 6.45) is 5.57. The van der Waals surface area contributed by atoms with Crippen molar-refractivity contribution in [1.29, 1.82) is 0 Å². The van der Waals surface area contributed by atoms with Crippen LogP contribution in [0.4, 0.5) is 0 Å². The van der Waals surface area contributed by atoms with Gasteiger partial charge < -0.3 is 10.6 Å². The SMILES string of the molecule is NC1C=CC=C2SC(=O)CN21. The molecule has 0 bridgehead atoms. The molecule has 0 aromatic carbocycles. The van der Waals surface area contributed by atoms with Crippen LogP contribution in [0, 0.1) is 0 Å². The van der Waals surface area contributed by atoms with Crippen molar-refractivity contribution in [2.45, 2.75) is 6.17 Å². The van der Waals surface area contributed by atoms with Crippen LogP contribution in [0.15, 0.2) is 23.3 Å². The number of carbonyl (C=O) groups is 1. The molecule has 0 radical (unpaired) electrons. The van der Waals surface area contributed by atoms with Gasteiger partial charge in [-0.25, -0.2) is 0 Å². The monoisotopic (exact) mass is 168 g/mol. The first kappa shape index (κ1) is 6.94. The molecule has 1 saturated heterocycles.